The Labute approximate surface area is 124 Å². The lowest BCUT2D eigenvalue weighted by Crippen LogP contribution is -2.46. The molecule has 0 spiro atoms. The van der Waals surface area contributed by atoms with Gasteiger partial charge in [0.05, 0.1) is 19.1 Å². The number of rotatable bonds is 2. The van der Waals surface area contributed by atoms with E-state index in [1.807, 2.05) is 4.90 Å². The Morgan fingerprint density at radius 3 is 2.81 bits per heavy atom. The fourth-order valence-electron chi connectivity index (χ4n) is 3.16. The van der Waals surface area contributed by atoms with Crippen molar-refractivity contribution in [3.63, 3.8) is 0 Å². The third kappa shape index (κ3) is 3.09. The highest BCUT2D eigenvalue weighted by Crippen LogP contribution is 2.25. The summed E-state index contributed by atoms with van der Waals surface area (Å²) < 4.78 is 18.7. The third-order valence-electron chi connectivity index (χ3n) is 4.46. The fraction of sp³-hybridized carbons (Fsp3) is 0.562. The van der Waals surface area contributed by atoms with Crippen LogP contribution >= 0.6 is 0 Å². The van der Waals surface area contributed by atoms with Crippen LogP contribution in [0, 0.1) is 11.7 Å². The summed E-state index contributed by atoms with van der Waals surface area (Å²) in [6.45, 7) is 4.69. The molecule has 3 atom stereocenters. The average molecular weight is 292 g/mol. The van der Waals surface area contributed by atoms with E-state index in [4.69, 9.17) is 4.74 Å². The standard InChI is InChI=1S/C16H21FN2O2/c1-11-14(6-7-18-11)16(20)19-8-9-21-15(10-19)12-2-4-13(17)5-3-12/h2-5,11,14-15,18H,6-10H2,1H3. The molecule has 2 heterocycles. The van der Waals surface area contributed by atoms with Crippen molar-refractivity contribution in [1.82, 2.24) is 10.2 Å². The minimum Gasteiger partial charge on any atom is -0.370 e. The number of carbonyl (C=O) groups excluding carboxylic acids is 1. The molecule has 2 aliphatic heterocycles. The van der Waals surface area contributed by atoms with Gasteiger partial charge in [-0.2, -0.15) is 0 Å². The van der Waals surface area contributed by atoms with Gasteiger partial charge in [0.25, 0.3) is 0 Å². The lowest BCUT2D eigenvalue weighted by Gasteiger charge is -2.35. The molecule has 2 aliphatic rings. The van der Waals surface area contributed by atoms with Gasteiger partial charge < -0.3 is 15.0 Å². The molecule has 3 unspecified atom stereocenters. The van der Waals surface area contributed by atoms with Gasteiger partial charge in [0.2, 0.25) is 5.91 Å². The van der Waals surface area contributed by atoms with Crippen molar-refractivity contribution in [2.24, 2.45) is 5.92 Å². The first-order chi connectivity index (χ1) is 10.1. The van der Waals surface area contributed by atoms with Crippen LogP contribution in [0.4, 0.5) is 4.39 Å². The lowest BCUT2D eigenvalue weighted by molar-refractivity contribution is -0.143. The quantitative estimate of drug-likeness (QED) is 0.902. The second kappa shape index (κ2) is 6.12. The molecule has 1 N–H and O–H groups in total. The van der Waals surface area contributed by atoms with E-state index in [0.29, 0.717) is 19.7 Å². The van der Waals surface area contributed by atoms with E-state index in [2.05, 4.69) is 12.2 Å². The van der Waals surface area contributed by atoms with E-state index in [1.165, 1.54) is 12.1 Å². The molecule has 21 heavy (non-hydrogen) atoms. The van der Waals surface area contributed by atoms with Gasteiger partial charge in [-0.15, -0.1) is 0 Å². The molecule has 0 saturated carbocycles. The number of morpholine rings is 1. The number of amides is 1. The Kier molecular flexibility index (Phi) is 4.22. The number of hydrogen-bond donors (Lipinski definition) is 1. The molecule has 2 fully saturated rings. The van der Waals surface area contributed by atoms with Crippen LogP contribution in [0.5, 0.6) is 0 Å². The van der Waals surface area contributed by atoms with E-state index < -0.39 is 0 Å². The van der Waals surface area contributed by atoms with Gasteiger partial charge in [0.1, 0.15) is 11.9 Å². The maximum absolute atomic E-state index is 13.0. The second-order valence-corrected chi connectivity index (χ2v) is 5.83. The minimum absolute atomic E-state index is 0.0666. The first-order valence-corrected chi connectivity index (χ1v) is 7.54. The number of benzene rings is 1. The van der Waals surface area contributed by atoms with Gasteiger partial charge >= 0.3 is 0 Å². The van der Waals surface area contributed by atoms with Crippen LogP contribution in [0.25, 0.3) is 0 Å². The zero-order valence-electron chi connectivity index (χ0n) is 12.2. The number of hydrogen-bond acceptors (Lipinski definition) is 3. The summed E-state index contributed by atoms with van der Waals surface area (Å²) in [4.78, 5) is 14.5. The number of ether oxygens (including phenoxy) is 1. The zero-order valence-corrected chi connectivity index (χ0v) is 12.2. The largest absolute Gasteiger partial charge is 0.370 e. The number of nitrogens with zero attached hydrogens (tertiary/aromatic N) is 1. The van der Waals surface area contributed by atoms with Gasteiger partial charge in [-0.25, -0.2) is 4.39 Å². The van der Waals surface area contributed by atoms with E-state index in [1.54, 1.807) is 12.1 Å². The Bertz CT molecular complexity index is 506. The normalized spacial score (nSPS) is 29.6. The zero-order chi connectivity index (χ0) is 14.8. The molecule has 0 aromatic heterocycles. The summed E-state index contributed by atoms with van der Waals surface area (Å²) in [5.74, 6) is 0.0215. The van der Waals surface area contributed by atoms with E-state index in [0.717, 1.165) is 18.5 Å². The molecule has 114 valence electrons. The summed E-state index contributed by atoms with van der Waals surface area (Å²) in [5.41, 5.74) is 0.923. The van der Waals surface area contributed by atoms with Crippen molar-refractivity contribution in [2.75, 3.05) is 26.2 Å². The Hall–Kier alpha value is -1.46. The number of halogens is 1. The average Bonchev–Trinajstić information content (AvgIpc) is 2.93. The van der Waals surface area contributed by atoms with Crippen LogP contribution in [0.3, 0.4) is 0 Å². The molecule has 2 saturated heterocycles. The highest BCUT2D eigenvalue weighted by Gasteiger charge is 2.35. The molecule has 5 heteroatoms. The molecule has 0 bridgehead atoms. The number of carbonyl (C=O) groups is 1. The monoisotopic (exact) mass is 292 g/mol. The summed E-state index contributed by atoms with van der Waals surface area (Å²) in [7, 11) is 0. The van der Waals surface area contributed by atoms with Crippen molar-refractivity contribution >= 4 is 5.91 Å². The van der Waals surface area contributed by atoms with Crippen molar-refractivity contribution in [3.8, 4) is 0 Å². The van der Waals surface area contributed by atoms with Crippen LogP contribution in [-0.2, 0) is 9.53 Å². The summed E-state index contributed by atoms with van der Waals surface area (Å²) in [6.07, 6.45) is 0.742. The smallest absolute Gasteiger partial charge is 0.227 e. The van der Waals surface area contributed by atoms with Crippen LogP contribution in [0.15, 0.2) is 24.3 Å². The van der Waals surface area contributed by atoms with Gasteiger partial charge in [0.15, 0.2) is 0 Å². The molecule has 0 radical (unpaired) electrons. The lowest BCUT2D eigenvalue weighted by atomic mass is 9.99. The van der Waals surface area contributed by atoms with Gasteiger partial charge in [0, 0.05) is 12.6 Å². The predicted molar refractivity (Wildman–Crippen MR) is 77.2 cm³/mol. The van der Waals surface area contributed by atoms with Crippen molar-refractivity contribution in [3.05, 3.63) is 35.6 Å². The second-order valence-electron chi connectivity index (χ2n) is 5.83. The highest BCUT2D eigenvalue weighted by molar-refractivity contribution is 5.80. The molecule has 1 amide bonds. The summed E-state index contributed by atoms with van der Waals surface area (Å²) >= 11 is 0. The molecule has 3 rings (SSSR count). The summed E-state index contributed by atoms with van der Waals surface area (Å²) in [5, 5.41) is 3.32. The van der Waals surface area contributed by atoms with Crippen LogP contribution < -0.4 is 5.32 Å². The van der Waals surface area contributed by atoms with Crippen LogP contribution in [0.1, 0.15) is 25.0 Å². The SMILES string of the molecule is CC1NCCC1C(=O)N1CCOC(c2ccc(F)cc2)C1. The Morgan fingerprint density at radius 2 is 2.14 bits per heavy atom. The van der Waals surface area contributed by atoms with Crippen molar-refractivity contribution in [2.45, 2.75) is 25.5 Å². The predicted octanol–water partition coefficient (Wildman–Crippen LogP) is 1.72. The molecule has 1 aromatic rings. The van der Waals surface area contributed by atoms with Gasteiger partial charge in [-0.1, -0.05) is 12.1 Å². The van der Waals surface area contributed by atoms with Gasteiger partial charge in [-0.3, -0.25) is 4.79 Å². The maximum Gasteiger partial charge on any atom is 0.227 e. The Morgan fingerprint density at radius 1 is 1.38 bits per heavy atom. The first-order valence-electron chi connectivity index (χ1n) is 7.54. The molecular weight excluding hydrogens is 271 g/mol. The topological polar surface area (TPSA) is 41.6 Å². The highest BCUT2D eigenvalue weighted by atomic mass is 19.1. The van der Waals surface area contributed by atoms with Crippen LogP contribution in [0.2, 0.25) is 0 Å². The van der Waals surface area contributed by atoms with E-state index >= 15 is 0 Å². The number of nitrogens with one attached hydrogen (secondary N) is 1. The molecule has 4 nitrogen and oxygen atoms in total. The molecule has 1 aromatic carbocycles. The van der Waals surface area contributed by atoms with Crippen molar-refractivity contribution in [1.29, 1.82) is 0 Å². The Balaban J connectivity index is 1.68. The third-order valence-corrected chi connectivity index (χ3v) is 4.46. The van der Waals surface area contributed by atoms with Crippen molar-refractivity contribution < 1.29 is 13.9 Å². The fourth-order valence-corrected chi connectivity index (χ4v) is 3.16. The van der Waals surface area contributed by atoms with Gasteiger partial charge in [-0.05, 0) is 37.6 Å². The maximum atomic E-state index is 13.0. The summed E-state index contributed by atoms with van der Waals surface area (Å²) in [6, 6.07) is 6.57. The van der Waals surface area contributed by atoms with E-state index in [9.17, 15) is 9.18 Å². The molecular formula is C16H21FN2O2. The minimum atomic E-state index is -0.256. The molecule has 0 aliphatic carbocycles. The first kappa shape index (κ1) is 14.5. The van der Waals surface area contributed by atoms with E-state index in [-0.39, 0.29) is 29.8 Å². The van der Waals surface area contributed by atoms with Crippen LogP contribution in [-0.4, -0.2) is 43.1 Å².